The number of hydrogen-bond acceptors (Lipinski definition) is 6. The third-order valence-electron chi connectivity index (χ3n) is 9.26. The lowest BCUT2D eigenvalue weighted by molar-refractivity contribution is -0.256. The van der Waals surface area contributed by atoms with E-state index < -0.39 is 5.79 Å². The number of aryl methyl sites for hydroxylation is 1. The van der Waals surface area contributed by atoms with E-state index in [-0.39, 0.29) is 29.4 Å². The molecule has 6 heterocycles. The quantitative estimate of drug-likeness (QED) is 0.675. The molecular formula is C26H29NO5. The molecule has 8 atom stereocenters. The molecule has 0 aromatic heterocycles. The lowest BCUT2D eigenvalue weighted by Crippen LogP contribution is -2.61. The van der Waals surface area contributed by atoms with E-state index in [4.69, 9.17) is 18.9 Å². The highest BCUT2D eigenvalue weighted by molar-refractivity contribution is 5.93. The molecule has 6 nitrogen and oxygen atoms in total. The van der Waals surface area contributed by atoms with Crippen molar-refractivity contribution in [1.82, 2.24) is 4.90 Å². The van der Waals surface area contributed by atoms with Crippen LogP contribution >= 0.6 is 0 Å². The van der Waals surface area contributed by atoms with E-state index in [9.17, 15) is 4.79 Å². The van der Waals surface area contributed by atoms with E-state index in [0.29, 0.717) is 29.1 Å². The maximum atomic E-state index is 12.3. The summed E-state index contributed by atoms with van der Waals surface area (Å²) in [4.78, 5) is 15.0. The first-order valence-electron chi connectivity index (χ1n) is 11.9. The molecule has 0 N–H and O–H groups in total. The molecule has 0 radical (unpaired) electrons. The Labute approximate surface area is 188 Å². The first kappa shape index (κ1) is 19.2. The van der Waals surface area contributed by atoms with Crippen LogP contribution in [0.2, 0.25) is 0 Å². The van der Waals surface area contributed by atoms with Crippen molar-refractivity contribution in [2.24, 2.45) is 17.8 Å². The number of nitrogens with zero attached hydrogens (tertiary/aromatic N) is 1. The molecule has 1 aromatic carbocycles. The molecule has 1 unspecified atom stereocenters. The fourth-order valence-corrected chi connectivity index (χ4v) is 8.17. The molecule has 5 fully saturated rings. The van der Waals surface area contributed by atoms with Gasteiger partial charge in [-0.15, -0.1) is 0 Å². The Morgan fingerprint density at radius 1 is 1.25 bits per heavy atom. The smallest absolute Gasteiger partial charge is 0.343 e. The van der Waals surface area contributed by atoms with Crippen molar-refractivity contribution in [2.45, 2.75) is 63.0 Å². The minimum atomic E-state index is -0.610. The Morgan fingerprint density at radius 3 is 2.84 bits per heavy atom. The Hall–Kier alpha value is -2.31. The molecular weight excluding hydrogens is 406 g/mol. The summed E-state index contributed by atoms with van der Waals surface area (Å²) in [5.41, 5.74) is 1.94. The number of methoxy groups -OCH3 is 1. The van der Waals surface area contributed by atoms with Gasteiger partial charge in [0, 0.05) is 17.9 Å². The normalized spacial score (nSPS) is 47.3. The summed E-state index contributed by atoms with van der Waals surface area (Å²) >= 11 is 0. The number of cyclic esters (lactones) is 1. The predicted octanol–water partition coefficient (Wildman–Crippen LogP) is 3.53. The monoisotopic (exact) mass is 435 g/mol. The average molecular weight is 436 g/mol. The second-order valence-electron chi connectivity index (χ2n) is 10.3. The number of rotatable bonds is 4. The van der Waals surface area contributed by atoms with Gasteiger partial charge in [-0.25, -0.2) is 4.79 Å². The summed E-state index contributed by atoms with van der Waals surface area (Å²) in [6, 6.07) is 11.2. The second kappa shape index (κ2) is 6.17. The summed E-state index contributed by atoms with van der Waals surface area (Å²) < 4.78 is 24.9. The van der Waals surface area contributed by atoms with Gasteiger partial charge >= 0.3 is 5.97 Å². The SMILES string of the molecule is COC1=C(C)C(=O)O/C1=C1\O[C@@]23O[C@H]4C[C@@H]([C@H]2[C@@H]1C)N1CC[C@H]3[C@@]41CCc1ccccc1. The van der Waals surface area contributed by atoms with Crippen molar-refractivity contribution < 1.29 is 23.7 Å². The molecule has 32 heavy (non-hydrogen) atoms. The minimum absolute atomic E-state index is 0.0546. The molecule has 6 aliphatic rings. The number of fused-ring (bicyclic) bond motifs is 1. The molecule has 6 aliphatic heterocycles. The van der Waals surface area contributed by atoms with Crippen LogP contribution < -0.4 is 0 Å². The number of hydrogen-bond donors (Lipinski definition) is 0. The van der Waals surface area contributed by atoms with Gasteiger partial charge in [0.15, 0.2) is 5.76 Å². The van der Waals surface area contributed by atoms with Crippen molar-refractivity contribution in [3.8, 4) is 0 Å². The third kappa shape index (κ3) is 2.03. The Kier molecular flexibility index (Phi) is 3.70. The van der Waals surface area contributed by atoms with E-state index in [1.54, 1.807) is 14.0 Å². The standard InChI is InChI=1S/C26H29NO5/c1-14-20-17-13-19-25(11-9-16-7-5-4-6-8-16)18(10-12-27(17)25)26(20,31-19)32-22(14)23-21(29-3)15(2)24(28)30-23/h4-8,14,17-20H,9-13H2,1-3H3/b23-22-/t14-,17-,18-,19-,20+,25-,26+/m0/s1. The van der Waals surface area contributed by atoms with Gasteiger partial charge in [-0.2, -0.15) is 0 Å². The van der Waals surface area contributed by atoms with Gasteiger partial charge in [0.2, 0.25) is 11.5 Å². The summed E-state index contributed by atoms with van der Waals surface area (Å²) in [5.74, 6) is 1.41. The number of esters is 1. The lowest BCUT2D eigenvalue weighted by atomic mass is 9.69. The molecule has 1 aromatic rings. The van der Waals surface area contributed by atoms with Crippen LogP contribution in [0.4, 0.5) is 0 Å². The molecule has 5 saturated heterocycles. The first-order valence-corrected chi connectivity index (χ1v) is 11.9. The molecule has 7 rings (SSSR count). The summed E-state index contributed by atoms with van der Waals surface area (Å²) in [5, 5.41) is 0. The molecule has 6 heteroatoms. The predicted molar refractivity (Wildman–Crippen MR) is 115 cm³/mol. The number of piperidine rings is 1. The Balaban J connectivity index is 1.28. The highest BCUT2D eigenvalue weighted by atomic mass is 16.7. The average Bonchev–Trinajstić information content (AvgIpc) is 3.51. The third-order valence-corrected chi connectivity index (χ3v) is 9.26. The number of carbonyl (C=O) groups is 1. The van der Waals surface area contributed by atoms with Crippen LogP contribution in [-0.4, -0.2) is 48.0 Å². The van der Waals surface area contributed by atoms with Crippen molar-refractivity contribution in [1.29, 1.82) is 0 Å². The number of ether oxygens (including phenoxy) is 4. The van der Waals surface area contributed by atoms with Crippen LogP contribution in [0, 0.1) is 17.8 Å². The largest absolute Gasteiger partial charge is 0.492 e. The number of allylic oxidation sites excluding steroid dienone is 1. The van der Waals surface area contributed by atoms with Gasteiger partial charge in [-0.1, -0.05) is 37.3 Å². The zero-order valence-electron chi connectivity index (χ0n) is 18.8. The van der Waals surface area contributed by atoms with Crippen molar-refractivity contribution in [3.05, 3.63) is 58.7 Å². The van der Waals surface area contributed by atoms with E-state index in [1.807, 2.05) is 0 Å². The highest BCUT2D eigenvalue weighted by Crippen LogP contribution is 2.73. The van der Waals surface area contributed by atoms with Gasteiger partial charge in [-0.05, 0) is 44.7 Å². The zero-order valence-corrected chi connectivity index (χ0v) is 18.8. The van der Waals surface area contributed by atoms with Gasteiger partial charge < -0.3 is 18.9 Å². The topological polar surface area (TPSA) is 57.2 Å². The van der Waals surface area contributed by atoms with Gasteiger partial charge in [0.05, 0.1) is 30.2 Å². The Morgan fingerprint density at radius 2 is 2.06 bits per heavy atom. The highest BCUT2D eigenvalue weighted by Gasteiger charge is 2.84. The summed E-state index contributed by atoms with van der Waals surface area (Å²) in [7, 11) is 1.58. The second-order valence-corrected chi connectivity index (χ2v) is 10.3. The zero-order chi connectivity index (χ0) is 21.8. The van der Waals surface area contributed by atoms with Crippen LogP contribution in [0.25, 0.3) is 0 Å². The minimum Gasteiger partial charge on any atom is -0.492 e. The van der Waals surface area contributed by atoms with Crippen LogP contribution in [0.3, 0.4) is 0 Å². The first-order chi connectivity index (χ1) is 15.5. The van der Waals surface area contributed by atoms with Gasteiger partial charge in [0.1, 0.15) is 5.76 Å². The molecule has 0 saturated carbocycles. The van der Waals surface area contributed by atoms with Gasteiger partial charge in [0.25, 0.3) is 0 Å². The number of carbonyl (C=O) groups excluding carboxylic acids is 1. The molecule has 0 aliphatic carbocycles. The molecule has 0 amide bonds. The lowest BCUT2D eigenvalue weighted by Gasteiger charge is -2.48. The van der Waals surface area contributed by atoms with Gasteiger partial charge in [-0.3, -0.25) is 4.90 Å². The Bertz CT molecular complexity index is 1080. The number of benzene rings is 1. The fraction of sp³-hybridized carbons (Fsp3) is 0.577. The van der Waals surface area contributed by atoms with E-state index in [2.05, 4.69) is 42.2 Å². The van der Waals surface area contributed by atoms with Crippen molar-refractivity contribution in [2.75, 3.05) is 13.7 Å². The van der Waals surface area contributed by atoms with Crippen molar-refractivity contribution >= 4 is 5.97 Å². The maximum Gasteiger partial charge on any atom is 0.343 e. The van der Waals surface area contributed by atoms with Crippen LogP contribution in [0.5, 0.6) is 0 Å². The fourth-order valence-electron chi connectivity index (χ4n) is 8.17. The maximum absolute atomic E-state index is 12.3. The van der Waals surface area contributed by atoms with Crippen LogP contribution in [0.1, 0.15) is 38.7 Å². The van der Waals surface area contributed by atoms with Crippen LogP contribution in [0.15, 0.2) is 53.2 Å². The van der Waals surface area contributed by atoms with E-state index >= 15 is 0 Å². The summed E-state index contributed by atoms with van der Waals surface area (Å²) in [6.45, 7) is 5.07. The van der Waals surface area contributed by atoms with Crippen LogP contribution in [-0.2, 0) is 30.2 Å². The molecule has 168 valence electrons. The molecule has 5 bridgehead atoms. The van der Waals surface area contributed by atoms with E-state index in [0.717, 1.165) is 38.0 Å². The summed E-state index contributed by atoms with van der Waals surface area (Å²) in [6.07, 6.45) is 4.53. The molecule has 1 spiro atoms. The van der Waals surface area contributed by atoms with E-state index in [1.165, 1.54) is 5.56 Å². The van der Waals surface area contributed by atoms with Crippen molar-refractivity contribution in [3.63, 3.8) is 0 Å².